The summed E-state index contributed by atoms with van der Waals surface area (Å²) in [6, 6.07) is 11.9. The third-order valence-corrected chi connectivity index (χ3v) is 2.91. The van der Waals surface area contributed by atoms with Gasteiger partial charge in [-0.15, -0.1) is 0 Å². The molecule has 4 heteroatoms. The van der Waals surface area contributed by atoms with Crippen molar-refractivity contribution in [2.24, 2.45) is 0 Å². The zero-order valence-electron chi connectivity index (χ0n) is 9.72. The lowest BCUT2D eigenvalue weighted by atomic mass is 9.92. The monoisotopic (exact) mass is 228 g/mol. The van der Waals surface area contributed by atoms with Crippen LogP contribution in [0.25, 0.3) is 0 Å². The molecule has 0 amide bonds. The molecule has 2 aromatic rings. The summed E-state index contributed by atoms with van der Waals surface area (Å²) in [5, 5.41) is 0. The molecule has 1 aromatic carbocycles. The zero-order valence-corrected chi connectivity index (χ0v) is 9.72. The molecular formula is C13H16N4. The fourth-order valence-electron chi connectivity index (χ4n) is 1.90. The van der Waals surface area contributed by atoms with Gasteiger partial charge < -0.3 is 17.2 Å². The van der Waals surface area contributed by atoms with E-state index in [-0.39, 0.29) is 5.92 Å². The fraction of sp³-hybridized carbons (Fsp3) is 0.154. The summed E-state index contributed by atoms with van der Waals surface area (Å²) in [6.45, 7) is 2.07. The number of pyridine rings is 1. The fourth-order valence-corrected chi connectivity index (χ4v) is 1.90. The van der Waals surface area contributed by atoms with Crippen LogP contribution in [0, 0.1) is 0 Å². The minimum absolute atomic E-state index is 0.142. The van der Waals surface area contributed by atoms with Gasteiger partial charge in [0.25, 0.3) is 0 Å². The van der Waals surface area contributed by atoms with E-state index in [0.29, 0.717) is 17.3 Å². The summed E-state index contributed by atoms with van der Waals surface area (Å²) in [7, 11) is 0. The van der Waals surface area contributed by atoms with Crippen molar-refractivity contribution in [2.75, 3.05) is 17.2 Å². The highest BCUT2D eigenvalue weighted by atomic mass is 14.9. The third kappa shape index (κ3) is 2.15. The molecule has 0 bridgehead atoms. The lowest BCUT2D eigenvalue weighted by Crippen LogP contribution is -2.08. The number of hydrogen-bond acceptors (Lipinski definition) is 4. The highest BCUT2D eigenvalue weighted by molar-refractivity contribution is 5.68. The maximum Gasteiger partial charge on any atom is 0.149 e. The third-order valence-electron chi connectivity index (χ3n) is 2.91. The van der Waals surface area contributed by atoms with Gasteiger partial charge in [0.05, 0.1) is 5.69 Å². The van der Waals surface area contributed by atoms with Crippen LogP contribution < -0.4 is 17.2 Å². The molecule has 2 rings (SSSR count). The average molecular weight is 228 g/mol. The molecule has 1 atom stereocenters. The van der Waals surface area contributed by atoms with Gasteiger partial charge in [0.15, 0.2) is 0 Å². The van der Waals surface area contributed by atoms with E-state index in [1.807, 2.05) is 18.2 Å². The van der Waals surface area contributed by atoms with Crippen molar-refractivity contribution >= 4 is 17.3 Å². The number of rotatable bonds is 2. The first-order valence-corrected chi connectivity index (χ1v) is 5.46. The molecular weight excluding hydrogens is 212 g/mol. The van der Waals surface area contributed by atoms with Gasteiger partial charge >= 0.3 is 0 Å². The Bertz CT molecular complexity index is 522. The topological polar surface area (TPSA) is 90.9 Å². The Labute approximate surface area is 100 Å². The number of aromatic nitrogens is 1. The molecule has 0 aliphatic heterocycles. The van der Waals surface area contributed by atoms with Gasteiger partial charge in [0.2, 0.25) is 0 Å². The second-order valence-corrected chi connectivity index (χ2v) is 4.07. The average Bonchev–Trinajstić information content (AvgIpc) is 2.34. The summed E-state index contributed by atoms with van der Waals surface area (Å²) >= 11 is 0. The maximum atomic E-state index is 5.95. The van der Waals surface area contributed by atoms with Gasteiger partial charge in [-0.2, -0.15) is 0 Å². The standard InChI is InChI=1S/C13H16N4/c1-8(9-5-3-2-4-6-9)10-7-11(14)17-13(16)12(10)15/h2-8H,15H2,1H3,(H4,14,16,17). The summed E-state index contributed by atoms with van der Waals surface area (Å²) in [5.41, 5.74) is 20.0. The van der Waals surface area contributed by atoms with Crippen molar-refractivity contribution in [1.82, 2.24) is 4.98 Å². The van der Waals surface area contributed by atoms with Crippen LogP contribution in [0.1, 0.15) is 24.0 Å². The Morgan fingerprint density at radius 1 is 1.06 bits per heavy atom. The number of benzene rings is 1. The molecule has 1 unspecified atom stereocenters. The van der Waals surface area contributed by atoms with Crippen LogP contribution in [0.5, 0.6) is 0 Å². The molecule has 0 fully saturated rings. The van der Waals surface area contributed by atoms with Gasteiger partial charge in [0.1, 0.15) is 11.6 Å². The Kier molecular flexibility index (Phi) is 2.87. The van der Waals surface area contributed by atoms with Gasteiger partial charge in [-0.05, 0) is 17.2 Å². The van der Waals surface area contributed by atoms with Crippen molar-refractivity contribution in [1.29, 1.82) is 0 Å². The summed E-state index contributed by atoms with van der Waals surface area (Å²) in [4.78, 5) is 3.94. The molecule has 17 heavy (non-hydrogen) atoms. The van der Waals surface area contributed by atoms with E-state index in [4.69, 9.17) is 17.2 Å². The van der Waals surface area contributed by atoms with E-state index in [9.17, 15) is 0 Å². The van der Waals surface area contributed by atoms with E-state index < -0.39 is 0 Å². The van der Waals surface area contributed by atoms with E-state index in [2.05, 4.69) is 24.0 Å². The number of nitrogens with zero attached hydrogens (tertiary/aromatic N) is 1. The van der Waals surface area contributed by atoms with Crippen molar-refractivity contribution in [3.05, 3.63) is 47.5 Å². The zero-order chi connectivity index (χ0) is 12.4. The Morgan fingerprint density at radius 2 is 1.71 bits per heavy atom. The summed E-state index contributed by atoms with van der Waals surface area (Å²) < 4.78 is 0. The van der Waals surface area contributed by atoms with Crippen LogP contribution in [0.2, 0.25) is 0 Å². The van der Waals surface area contributed by atoms with Crippen molar-refractivity contribution in [2.45, 2.75) is 12.8 Å². The van der Waals surface area contributed by atoms with Crippen LogP contribution in [0.4, 0.5) is 17.3 Å². The van der Waals surface area contributed by atoms with Gasteiger partial charge in [0, 0.05) is 5.92 Å². The van der Waals surface area contributed by atoms with Crippen LogP contribution in [-0.4, -0.2) is 4.98 Å². The van der Waals surface area contributed by atoms with Crippen molar-refractivity contribution in [3.8, 4) is 0 Å². The van der Waals surface area contributed by atoms with Gasteiger partial charge in [-0.3, -0.25) is 0 Å². The number of hydrogen-bond donors (Lipinski definition) is 3. The molecule has 0 aliphatic rings. The summed E-state index contributed by atoms with van der Waals surface area (Å²) in [6.07, 6.45) is 0. The van der Waals surface area contributed by atoms with E-state index >= 15 is 0 Å². The first-order chi connectivity index (χ1) is 8.09. The first kappa shape index (κ1) is 11.3. The second-order valence-electron chi connectivity index (χ2n) is 4.07. The largest absolute Gasteiger partial charge is 0.396 e. The highest BCUT2D eigenvalue weighted by Crippen LogP contribution is 2.31. The molecule has 1 heterocycles. The molecule has 0 radical (unpaired) electrons. The minimum atomic E-state index is 0.142. The smallest absolute Gasteiger partial charge is 0.149 e. The molecule has 0 spiro atoms. The minimum Gasteiger partial charge on any atom is -0.396 e. The van der Waals surface area contributed by atoms with Gasteiger partial charge in [-0.1, -0.05) is 37.3 Å². The van der Waals surface area contributed by atoms with E-state index in [0.717, 1.165) is 5.56 Å². The first-order valence-electron chi connectivity index (χ1n) is 5.46. The van der Waals surface area contributed by atoms with Gasteiger partial charge in [-0.25, -0.2) is 4.98 Å². The van der Waals surface area contributed by atoms with E-state index in [1.165, 1.54) is 5.56 Å². The molecule has 0 saturated carbocycles. The molecule has 1 aromatic heterocycles. The van der Waals surface area contributed by atoms with Crippen LogP contribution in [-0.2, 0) is 0 Å². The molecule has 0 aliphatic carbocycles. The predicted molar refractivity (Wildman–Crippen MR) is 71.4 cm³/mol. The number of nitrogens with two attached hydrogens (primary N) is 3. The Balaban J connectivity index is 2.48. The van der Waals surface area contributed by atoms with Crippen molar-refractivity contribution < 1.29 is 0 Å². The quantitative estimate of drug-likeness (QED) is 0.733. The van der Waals surface area contributed by atoms with Crippen LogP contribution >= 0.6 is 0 Å². The summed E-state index contributed by atoms with van der Waals surface area (Å²) in [5.74, 6) is 0.834. The molecule has 88 valence electrons. The SMILES string of the molecule is CC(c1ccccc1)c1cc(N)nc(N)c1N. The van der Waals surface area contributed by atoms with Crippen molar-refractivity contribution in [3.63, 3.8) is 0 Å². The number of anilines is 3. The van der Waals surface area contributed by atoms with Crippen LogP contribution in [0.3, 0.4) is 0 Å². The lowest BCUT2D eigenvalue weighted by molar-refractivity contribution is 0.923. The Hall–Kier alpha value is -2.23. The highest BCUT2D eigenvalue weighted by Gasteiger charge is 2.14. The lowest BCUT2D eigenvalue weighted by Gasteiger charge is -2.16. The molecule has 0 saturated heterocycles. The number of nitrogen functional groups attached to an aromatic ring is 3. The Morgan fingerprint density at radius 3 is 2.35 bits per heavy atom. The van der Waals surface area contributed by atoms with Crippen LogP contribution in [0.15, 0.2) is 36.4 Å². The predicted octanol–water partition coefficient (Wildman–Crippen LogP) is 1.98. The molecule has 6 N–H and O–H groups in total. The normalized spacial score (nSPS) is 12.3. The second kappa shape index (κ2) is 4.33. The maximum absolute atomic E-state index is 5.95. The molecule has 4 nitrogen and oxygen atoms in total. The van der Waals surface area contributed by atoms with E-state index in [1.54, 1.807) is 6.07 Å².